The van der Waals surface area contributed by atoms with E-state index >= 15 is 0 Å². The molecule has 0 N–H and O–H groups in total. The third-order valence-electron chi connectivity index (χ3n) is 14.7. The fourth-order valence-corrected chi connectivity index (χ4v) is 11.1. The summed E-state index contributed by atoms with van der Waals surface area (Å²) >= 11 is 0. The average molecular weight is 925 g/mol. The molecular weight excluding hydrogens is 869 g/mol. The second-order valence-corrected chi connectivity index (χ2v) is 19.2. The molecule has 13 nitrogen and oxygen atoms in total. The molecule has 4 aliphatic heterocycles. The van der Waals surface area contributed by atoms with Gasteiger partial charge in [0.2, 0.25) is 5.72 Å². The van der Waals surface area contributed by atoms with E-state index in [0.717, 1.165) is 85.9 Å². The van der Waals surface area contributed by atoms with Gasteiger partial charge >= 0.3 is 0 Å². The van der Waals surface area contributed by atoms with Gasteiger partial charge in [-0.1, -0.05) is 84.9 Å². The second-order valence-electron chi connectivity index (χ2n) is 19.2. The van der Waals surface area contributed by atoms with Gasteiger partial charge in [0.15, 0.2) is 5.75 Å². The van der Waals surface area contributed by atoms with Gasteiger partial charge in [-0.3, -0.25) is 14.8 Å². The predicted octanol–water partition coefficient (Wildman–Crippen LogP) is 7.96. The van der Waals surface area contributed by atoms with Crippen molar-refractivity contribution in [2.24, 2.45) is 9.98 Å². The molecule has 2 spiro atoms. The Balaban J connectivity index is 0.950. The summed E-state index contributed by atoms with van der Waals surface area (Å²) < 4.78 is 21.5. The molecule has 0 saturated carbocycles. The number of aliphatic imine (C=N–C) groups is 2. The Morgan fingerprint density at radius 2 is 1.10 bits per heavy atom. The number of rotatable bonds is 18. The molecule has 0 radical (unpaired) electrons. The van der Waals surface area contributed by atoms with E-state index in [-0.39, 0.29) is 26.2 Å². The molecule has 0 aliphatic carbocycles. The topological polar surface area (TPSA) is 134 Å². The van der Waals surface area contributed by atoms with Crippen LogP contribution >= 0.6 is 0 Å². The van der Waals surface area contributed by atoms with Crippen LogP contribution < -0.4 is 19.3 Å². The van der Waals surface area contributed by atoms with Crippen LogP contribution in [0.1, 0.15) is 55.5 Å². The first-order valence-corrected chi connectivity index (χ1v) is 23.6. The third-order valence-corrected chi connectivity index (χ3v) is 14.7. The molecule has 6 aromatic rings. The van der Waals surface area contributed by atoms with Crippen LogP contribution in [0.3, 0.4) is 0 Å². The van der Waals surface area contributed by atoms with Gasteiger partial charge in [-0.2, -0.15) is 0 Å². The van der Waals surface area contributed by atoms with Crippen molar-refractivity contribution in [3.63, 3.8) is 0 Å². The van der Waals surface area contributed by atoms with E-state index in [1.807, 2.05) is 67.0 Å². The summed E-state index contributed by atoms with van der Waals surface area (Å²) in [5.74, 6) is 0.0995. The summed E-state index contributed by atoms with van der Waals surface area (Å²) in [6.07, 6.45) is 7.14. The monoisotopic (exact) mass is 924 g/mol. The predicted molar refractivity (Wildman–Crippen MR) is 270 cm³/mol. The van der Waals surface area contributed by atoms with Gasteiger partial charge in [-0.05, 0) is 79.2 Å². The van der Waals surface area contributed by atoms with Crippen LogP contribution in [0, 0.1) is 0 Å². The fourth-order valence-electron chi connectivity index (χ4n) is 11.1. The van der Waals surface area contributed by atoms with Gasteiger partial charge in [0.1, 0.15) is 36.6 Å². The maximum Gasteiger partial charge on any atom is 0.290 e. The Morgan fingerprint density at radius 3 is 1.72 bits per heavy atom. The number of ether oxygens (including phenoxy) is 3. The molecule has 0 amide bonds. The highest BCUT2D eigenvalue weighted by atomic mass is 16.5. The number of carbonyl (C=O) groups is 4. The van der Waals surface area contributed by atoms with Gasteiger partial charge in [-0.15, -0.1) is 0 Å². The molecule has 0 fully saturated rings. The maximum absolute atomic E-state index is 11.7. The Bertz CT molecular complexity index is 2840. The van der Waals surface area contributed by atoms with Crippen LogP contribution in [0.5, 0.6) is 11.5 Å². The molecule has 4 heterocycles. The lowest BCUT2D eigenvalue weighted by Gasteiger charge is -2.47. The fraction of sp³-hybridized carbons (Fsp3) is 0.321. The van der Waals surface area contributed by atoms with Crippen molar-refractivity contribution in [2.75, 3.05) is 62.3 Å². The molecule has 13 heteroatoms. The number of fused-ring (bicyclic) bond motifs is 8. The minimum Gasteiger partial charge on any atom is -0.459 e. The number of nitrogens with zero attached hydrogens (tertiary/aromatic N) is 6. The highest BCUT2D eigenvalue weighted by molar-refractivity contribution is 6.04. The molecule has 69 heavy (non-hydrogen) atoms. The summed E-state index contributed by atoms with van der Waals surface area (Å²) in [4.78, 5) is 65.6. The van der Waals surface area contributed by atoms with Gasteiger partial charge in [0.25, 0.3) is 5.85 Å². The zero-order valence-electron chi connectivity index (χ0n) is 39.5. The van der Waals surface area contributed by atoms with Gasteiger partial charge in [-0.25, -0.2) is 4.99 Å². The lowest BCUT2D eigenvalue weighted by Crippen LogP contribution is -2.63. The third kappa shape index (κ3) is 7.42. The Labute approximate surface area is 402 Å². The zero-order chi connectivity index (χ0) is 48.0. The van der Waals surface area contributed by atoms with Crippen molar-refractivity contribution in [1.82, 2.24) is 9.80 Å². The van der Waals surface area contributed by atoms with E-state index < -0.39 is 22.4 Å². The number of hydrogen-bond donors (Lipinski definition) is 0. The number of carbonyl (C=O) groups excluding carboxylic acids is 4. The molecule has 2 unspecified atom stereocenters. The minimum atomic E-state index is -1.19. The van der Waals surface area contributed by atoms with Gasteiger partial charge in [0.05, 0.1) is 56.4 Å². The zero-order valence-corrected chi connectivity index (χ0v) is 39.5. The van der Waals surface area contributed by atoms with Crippen LogP contribution in [0.2, 0.25) is 0 Å². The summed E-state index contributed by atoms with van der Waals surface area (Å²) in [5, 5.41) is 3.95. The van der Waals surface area contributed by atoms with Crippen molar-refractivity contribution < 1.29 is 33.4 Å². The number of anilines is 2. The molecular formula is C56H56N6O7. The Kier molecular flexibility index (Phi) is 12.0. The van der Waals surface area contributed by atoms with Crippen molar-refractivity contribution >= 4 is 76.2 Å². The maximum atomic E-state index is 11.7. The average Bonchev–Trinajstić information content (AvgIpc) is 3.64. The Hall–Kier alpha value is -7.06. The van der Waals surface area contributed by atoms with Crippen LogP contribution in [-0.2, 0) is 47.8 Å². The van der Waals surface area contributed by atoms with Crippen LogP contribution in [0.15, 0.2) is 119 Å². The van der Waals surface area contributed by atoms with E-state index in [1.165, 1.54) is 0 Å². The van der Waals surface area contributed by atoms with E-state index in [9.17, 15) is 19.2 Å². The van der Waals surface area contributed by atoms with Crippen molar-refractivity contribution in [3.8, 4) is 11.5 Å². The van der Waals surface area contributed by atoms with E-state index in [4.69, 9.17) is 24.2 Å². The molecule has 10 rings (SSSR count). The van der Waals surface area contributed by atoms with E-state index in [0.29, 0.717) is 56.6 Å². The van der Waals surface area contributed by atoms with Crippen molar-refractivity contribution in [2.45, 2.75) is 63.2 Å². The summed E-state index contributed by atoms with van der Waals surface area (Å²) in [5.41, 5.74) is 5.23. The minimum absolute atomic E-state index is 0.102. The number of aldehydes is 4. The molecule has 0 saturated heterocycles. The van der Waals surface area contributed by atoms with Gasteiger partial charge in [0, 0.05) is 65.8 Å². The molecule has 0 aromatic heterocycles. The SMILES string of the molecule is CC1(C)c2ccccc2N(CCOCCN2c3ccccc3C(C)(C)C23N=Cc2c(c(CN(CC=O)CC=O)cc4ccccc24)O3)C12C=Nc1c(c(CN(CC=O)CC=O)cc3ccccc13)O2. The summed E-state index contributed by atoms with van der Waals surface area (Å²) in [6.45, 7) is 11.4. The second kappa shape index (κ2) is 18.1. The normalized spacial score (nSPS) is 20.0. The van der Waals surface area contributed by atoms with Crippen LogP contribution in [-0.4, -0.2) is 111 Å². The number of benzene rings is 6. The largest absolute Gasteiger partial charge is 0.459 e. The van der Waals surface area contributed by atoms with E-state index in [2.05, 4.69) is 92.1 Å². The molecule has 6 aromatic carbocycles. The highest BCUT2D eigenvalue weighted by Gasteiger charge is 2.62. The lowest BCUT2D eigenvalue weighted by atomic mass is 9.77. The first-order valence-electron chi connectivity index (χ1n) is 23.6. The Morgan fingerprint density at radius 1 is 0.594 bits per heavy atom. The molecule has 0 bridgehead atoms. The van der Waals surface area contributed by atoms with Crippen LogP contribution in [0.4, 0.5) is 17.1 Å². The molecule has 4 aliphatic rings. The van der Waals surface area contributed by atoms with Crippen LogP contribution in [0.25, 0.3) is 21.5 Å². The standard InChI is InChI=1S/C56H56N6O7/c1-53(2)46-17-9-11-19-48(46)61(55(53)38-57-50-44-16-8-6-14-40(44)34-42(52(50)68-55)37-60(23-29-65)24-30-66)25-31-67-32-26-62-49-20-12-10-18-47(49)54(3,4)56(62)58-35-45-43-15-7-5-13-39(43)33-41(51(45)69-56)36-59(21-27-63)22-28-64/h5-20,27-30,33-35,38H,21-26,31-32,36-37H2,1-4H3. The summed E-state index contributed by atoms with van der Waals surface area (Å²) in [7, 11) is 0. The highest BCUT2D eigenvalue weighted by Crippen LogP contribution is 2.57. The molecule has 352 valence electrons. The first-order chi connectivity index (χ1) is 33.5. The molecule has 2 atom stereocenters. The lowest BCUT2D eigenvalue weighted by molar-refractivity contribution is -0.112. The van der Waals surface area contributed by atoms with Gasteiger partial charge < -0.3 is 43.2 Å². The smallest absolute Gasteiger partial charge is 0.290 e. The number of para-hydroxylation sites is 2. The van der Waals surface area contributed by atoms with E-state index in [1.54, 1.807) is 9.80 Å². The van der Waals surface area contributed by atoms with Crippen molar-refractivity contribution in [3.05, 3.63) is 137 Å². The summed E-state index contributed by atoms with van der Waals surface area (Å²) in [6, 6.07) is 37.0. The first kappa shape index (κ1) is 45.7. The quantitative estimate of drug-likeness (QED) is 0.0614. The number of hydrogen-bond acceptors (Lipinski definition) is 13. The van der Waals surface area contributed by atoms with Crippen molar-refractivity contribution in [1.29, 1.82) is 0 Å².